The Bertz CT molecular complexity index is 786. The summed E-state index contributed by atoms with van der Waals surface area (Å²) < 4.78 is 52.4. The van der Waals surface area contributed by atoms with Crippen molar-refractivity contribution in [3.8, 4) is 17.2 Å². The number of alkyl halides is 3. The number of nitrogens with one attached hydrogen (secondary N) is 1. The average Bonchev–Trinajstić information content (AvgIpc) is 2.69. The third-order valence-corrected chi connectivity index (χ3v) is 4.67. The van der Waals surface area contributed by atoms with E-state index >= 15 is 0 Å². The van der Waals surface area contributed by atoms with E-state index in [9.17, 15) is 13.2 Å². The lowest BCUT2D eigenvalue weighted by atomic mass is 9.95. The fourth-order valence-electron chi connectivity index (χ4n) is 3.51. The normalized spacial score (nSPS) is 15.4. The third-order valence-electron chi connectivity index (χ3n) is 4.67. The van der Waals surface area contributed by atoms with Gasteiger partial charge in [-0.3, -0.25) is 4.90 Å². The second kappa shape index (κ2) is 11.5. The molecule has 1 aliphatic heterocycles. The van der Waals surface area contributed by atoms with Crippen LogP contribution in [0.5, 0.6) is 17.2 Å². The molecule has 0 radical (unpaired) electrons. The standard InChI is InChI=1S/C20H23F3N2O3.2ClH/c1-26-17-5-3-4-16(19(17)27-2)18(25-12-10-24-11-13-25)14-6-8-15(9-7-14)28-20(21,22)23;;/h3-9,18,24H,10-13H2,1-2H3;2*1H/t18-;;/m0../s1. The Labute approximate surface area is 186 Å². The minimum Gasteiger partial charge on any atom is -0.493 e. The Balaban J connectivity index is 0.00000225. The summed E-state index contributed by atoms with van der Waals surface area (Å²) in [4.78, 5) is 2.27. The van der Waals surface area contributed by atoms with E-state index in [0.717, 1.165) is 37.3 Å². The molecule has 0 saturated carbocycles. The van der Waals surface area contributed by atoms with Crippen molar-refractivity contribution in [2.75, 3.05) is 40.4 Å². The first-order chi connectivity index (χ1) is 13.4. The van der Waals surface area contributed by atoms with Gasteiger partial charge in [0, 0.05) is 31.7 Å². The predicted octanol–water partition coefficient (Wildman–Crippen LogP) is 4.44. The largest absolute Gasteiger partial charge is 0.573 e. The van der Waals surface area contributed by atoms with Gasteiger partial charge >= 0.3 is 6.36 Å². The van der Waals surface area contributed by atoms with Crippen molar-refractivity contribution >= 4 is 24.8 Å². The van der Waals surface area contributed by atoms with Crippen molar-refractivity contribution in [3.05, 3.63) is 53.6 Å². The van der Waals surface area contributed by atoms with Crippen molar-refractivity contribution in [3.63, 3.8) is 0 Å². The maximum atomic E-state index is 12.5. The topological polar surface area (TPSA) is 43.0 Å². The molecule has 10 heteroatoms. The first kappa shape index (κ1) is 26.2. The molecule has 0 aromatic heterocycles. The van der Waals surface area contributed by atoms with Gasteiger partial charge in [0.25, 0.3) is 0 Å². The summed E-state index contributed by atoms with van der Waals surface area (Å²) in [5, 5.41) is 3.32. The molecule has 3 rings (SSSR count). The number of ether oxygens (including phenoxy) is 3. The first-order valence-corrected chi connectivity index (χ1v) is 8.94. The quantitative estimate of drug-likeness (QED) is 0.678. The molecule has 0 bridgehead atoms. The van der Waals surface area contributed by atoms with Crippen LogP contribution in [0.25, 0.3) is 0 Å². The highest BCUT2D eigenvalue weighted by molar-refractivity contribution is 5.85. The van der Waals surface area contributed by atoms with Gasteiger partial charge in [0.05, 0.1) is 20.3 Å². The first-order valence-electron chi connectivity index (χ1n) is 8.94. The number of benzene rings is 2. The Hall–Kier alpha value is -1.87. The lowest BCUT2D eigenvalue weighted by molar-refractivity contribution is -0.274. The molecule has 2 aromatic rings. The Morgan fingerprint density at radius 3 is 2.10 bits per heavy atom. The van der Waals surface area contributed by atoms with Crippen LogP contribution in [0.2, 0.25) is 0 Å². The Morgan fingerprint density at radius 2 is 1.57 bits per heavy atom. The highest BCUT2D eigenvalue weighted by Gasteiger charge is 2.32. The molecule has 5 nitrogen and oxygen atoms in total. The van der Waals surface area contributed by atoms with Crippen LogP contribution in [-0.4, -0.2) is 51.7 Å². The zero-order valence-corrected chi connectivity index (χ0v) is 18.2. The van der Waals surface area contributed by atoms with Gasteiger partial charge in [-0.05, 0) is 23.8 Å². The van der Waals surface area contributed by atoms with E-state index < -0.39 is 6.36 Å². The fourth-order valence-corrected chi connectivity index (χ4v) is 3.51. The maximum absolute atomic E-state index is 12.5. The van der Waals surface area contributed by atoms with E-state index in [1.165, 1.54) is 12.1 Å². The Kier molecular flexibility index (Phi) is 10.0. The number of nitrogens with zero attached hydrogens (tertiary/aromatic N) is 1. The smallest absolute Gasteiger partial charge is 0.493 e. The summed E-state index contributed by atoms with van der Waals surface area (Å²) >= 11 is 0. The van der Waals surface area contributed by atoms with Crippen LogP contribution in [0.1, 0.15) is 17.2 Å². The number of rotatable bonds is 6. The lowest BCUT2D eigenvalue weighted by Gasteiger charge is -2.36. The average molecular weight is 469 g/mol. The van der Waals surface area contributed by atoms with Gasteiger partial charge in [-0.1, -0.05) is 24.3 Å². The molecular formula is C20H25Cl2F3N2O3. The molecule has 168 valence electrons. The van der Waals surface area contributed by atoms with Crippen LogP contribution in [0.15, 0.2) is 42.5 Å². The molecule has 2 aromatic carbocycles. The van der Waals surface area contributed by atoms with E-state index in [-0.39, 0.29) is 36.6 Å². The number of hydrogen-bond acceptors (Lipinski definition) is 5. The van der Waals surface area contributed by atoms with Gasteiger partial charge in [0.15, 0.2) is 11.5 Å². The SMILES string of the molecule is COc1cccc([C@H](c2ccc(OC(F)(F)F)cc2)N2CCNCC2)c1OC.Cl.Cl. The molecule has 1 saturated heterocycles. The van der Waals surface area contributed by atoms with Crippen LogP contribution >= 0.6 is 24.8 Å². The summed E-state index contributed by atoms with van der Waals surface area (Å²) in [5.41, 5.74) is 1.75. The lowest BCUT2D eigenvalue weighted by Crippen LogP contribution is -2.45. The molecule has 30 heavy (non-hydrogen) atoms. The van der Waals surface area contributed by atoms with Gasteiger partial charge in [0.1, 0.15) is 5.75 Å². The van der Waals surface area contributed by atoms with Gasteiger partial charge < -0.3 is 19.5 Å². The minimum absolute atomic E-state index is 0. The molecule has 1 heterocycles. The van der Waals surface area contributed by atoms with Crippen molar-refractivity contribution < 1.29 is 27.4 Å². The van der Waals surface area contributed by atoms with Crippen LogP contribution in [-0.2, 0) is 0 Å². The second-order valence-corrected chi connectivity index (χ2v) is 6.39. The molecule has 1 N–H and O–H groups in total. The highest BCUT2D eigenvalue weighted by atomic mass is 35.5. The minimum atomic E-state index is -4.71. The molecule has 1 atom stereocenters. The molecule has 0 spiro atoms. The van der Waals surface area contributed by atoms with E-state index in [2.05, 4.69) is 15.0 Å². The number of piperazine rings is 1. The van der Waals surface area contributed by atoms with Crippen LogP contribution < -0.4 is 19.5 Å². The van der Waals surface area contributed by atoms with Gasteiger partial charge in [-0.15, -0.1) is 38.0 Å². The zero-order chi connectivity index (χ0) is 20.1. The van der Waals surface area contributed by atoms with Gasteiger partial charge in [-0.25, -0.2) is 0 Å². The summed E-state index contributed by atoms with van der Waals surface area (Å²) in [5.74, 6) is 0.981. The van der Waals surface area contributed by atoms with E-state index in [0.29, 0.717) is 11.5 Å². The van der Waals surface area contributed by atoms with Crippen molar-refractivity contribution in [1.29, 1.82) is 0 Å². The molecular weight excluding hydrogens is 444 g/mol. The molecule has 0 unspecified atom stereocenters. The number of halogens is 5. The van der Waals surface area contributed by atoms with E-state index in [1.807, 2.05) is 18.2 Å². The molecule has 0 amide bonds. The maximum Gasteiger partial charge on any atom is 0.573 e. The monoisotopic (exact) mass is 468 g/mol. The molecule has 0 aliphatic carbocycles. The van der Waals surface area contributed by atoms with Crippen molar-refractivity contribution in [1.82, 2.24) is 10.2 Å². The second-order valence-electron chi connectivity index (χ2n) is 6.39. The predicted molar refractivity (Wildman–Crippen MR) is 113 cm³/mol. The third kappa shape index (κ3) is 6.31. The van der Waals surface area contributed by atoms with Crippen molar-refractivity contribution in [2.24, 2.45) is 0 Å². The van der Waals surface area contributed by atoms with Crippen LogP contribution in [0.4, 0.5) is 13.2 Å². The van der Waals surface area contributed by atoms with Gasteiger partial charge in [0.2, 0.25) is 0 Å². The van der Waals surface area contributed by atoms with Crippen LogP contribution in [0.3, 0.4) is 0 Å². The van der Waals surface area contributed by atoms with Crippen LogP contribution in [0, 0.1) is 0 Å². The summed E-state index contributed by atoms with van der Waals surface area (Å²) in [7, 11) is 3.15. The molecule has 1 fully saturated rings. The summed E-state index contributed by atoms with van der Waals surface area (Å²) in [6.07, 6.45) is -4.71. The highest BCUT2D eigenvalue weighted by Crippen LogP contribution is 2.40. The number of hydrogen-bond donors (Lipinski definition) is 1. The number of methoxy groups -OCH3 is 2. The van der Waals surface area contributed by atoms with Gasteiger partial charge in [-0.2, -0.15) is 0 Å². The zero-order valence-electron chi connectivity index (χ0n) is 16.6. The van der Waals surface area contributed by atoms with E-state index in [4.69, 9.17) is 9.47 Å². The summed E-state index contributed by atoms with van der Waals surface area (Å²) in [6.45, 7) is 3.26. The molecule has 1 aliphatic rings. The summed E-state index contributed by atoms with van der Waals surface area (Å²) in [6, 6.07) is 11.5. The van der Waals surface area contributed by atoms with Crippen molar-refractivity contribution in [2.45, 2.75) is 12.4 Å². The Morgan fingerprint density at radius 1 is 0.933 bits per heavy atom. The number of para-hydroxylation sites is 1. The van der Waals surface area contributed by atoms with E-state index in [1.54, 1.807) is 26.4 Å². The fraction of sp³-hybridized carbons (Fsp3) is 0.400.